The van der Waals surface area contributed by atoms with Gasteiger partial charge in [-0.25, -0.2) is 0 Å². The Hall–Kier alpha value is -1.69. The molecule has 4 rings (SSSR count). The molecule has 2 aromatic heterocycles. The first-order valence-corrected chi connectivity index (χ1v) is 8.51. The van der Waals surface area contributed by atoms with Crippen LogP contribution in [-0.4, -0.2) is 14.6 Å². The summed E-state index contributed by atoms with van der Waals surface area (Å²) in [7, 11) is 0. The second-order valence-corrected chi connectivity index (χ2v) is 7.28. The van der Waals surface area contributed by atoms with E-state index in [0.29, 0.717) is 5.92 Å². The highest BCUT2D eigenvalue weighted by atomic mass is 127. The van der Waals surface area contributed by atoms with Crippen molar-refractivity contribution in [3.63, 3.8) is 0 Å². The van der Waals surface area contributed by atoms with E-state index >= 15 is 0 Å². The lowest BCUT2D eigenvalue weighted by Gasteiger charge is -2.13. The van der Waals surface area contributed by atoms with E-state index in [0.717, 1.165) is 16.9 Å². The van der Waals surface area contributed by atoms with Crippen molar-refractivity contribution in [2.24, 2.45) is 0 Å². The number of aromatic nitrogens is 3. The summed E-state index contributed by atoms with van der Waals surface area (Å²) >= 11 is 2.39. The van der Waals surface area contributed by atoms with Gasteiger partial charge in [0, 0.05) is 20.3 Å². The predicted molar refractivity (Wildman–Crippen MR) is 99.5 cm³/mol. The van der Waals surface area contributed by atoms with Crippen LogP contribution in [0.4, 0.5) is 0 Å². The first-order chi connectivity index (χ1) is 10.6. The predicted octanol–water partition coefficient (Wildman–Crippen LogP) is 5.07. The van der Waals surface area contributed by atoms with E-state index in [1.54, 1.807) is 0 Å². The van der Waals surface area contributed by atoms with Gasteiger partial charge in [-0.3, -0.25) is 4.40 Å². The normalized spacial score (nSPS) is 12.0. The molecule has 0 atom stereocenters. The molecule has 0 fully saturated rings. The smallest absolute Gasteiger partial charge is 0.169 e. The monoisotopic (exact) mass is 401 g/mol. The maximum absolute atomic E-state index is 4.49. The van der Waals surface area contributed by atoms with Gasteiger partial charge in [0.1, 0.15) is 5.82 Å². The summed E-state index contributed by atoms with van der Waals surface area (Å²) in [5.74, 6) is 1.35. The molecule has 0 aliphatic carbocycles. The van der Waals surface area contributed by atoms with E-state index in [-0.39, 0.29) is 0 Å². The molecule has 0 amide bonds. The zero-order chi connectivity index (χ0) is 15.4. The molecule has 0 N–H and O–H groups in total. The molecule has 3 nitrogen and oxygen atoms in total. The van der Waals surface area contributed by atoms with Crippen molar-refractivity contribution in [1.29, 1.82) is 0 Å². The Balaban J connectivity index is 2.40. The van der Waals surface area contributed by atoms with Gasteiger partial charge in [0.15, 0.2) is 5.65 Å². The number of fused-ring (bicyclic) bond motifs is 6. The van der Waals surface area contributed by atoms with Gasteiger partial charge >= 0.3 is 0 Å². The van der Waals surface area contributed by atoms with E-state index in [9.17, 15) is 0 Å². The summed E-state index contributed by atoms with van der Waals surface area (Å²) in [5.41, 5.74) is 3.44. The lowest BCUT2D eigenvalue weighted by atomic mass is 10.0. The zero-order valence-electron chi connectivity index (χ0n) is 12.8. The summed E-state index contributed by atoms with van der Waals surface area (Å²) in [5, 5.41) is 12.6. The van der Waals surface area contributed by atoms with E-state index < -0.39 is 0 Å². The average Bonchev–Trinajstić information content (AvgIpc) is 2.92. The van der Waals surface area contributed by atoms with Gasteiger partial charge < -0.3 is 0 Å². The largest absolute Gasteiger partial charge is 0.278 e. The van der Waals surface area contributed by atoms with Gasteiger partial charge in [0.2, 0.25) is 0 Å². The first-order valence-electron chi connectivity index (χ1n) is 7.43. The highest BCUT2D eigenvalue weighted by Crippen LogP contribution is 2.33. The fourth-order valence-electron chi connectivity index (χ4n) is 3.22. The molecule has 0 saturated heterocycles. The topological polar surface area (TPSA) is 30.2 Å². The van der Waals surface area contributed by atoms with Gasteiger partial charge in [-0.05, 0) is 52.6 Å². The van der Waals surface area contributed by atoms with Gasteiger partial charge in [-0.1, -0.05) is 38.1 Å². The van der Waals surface area contributed by atoms with Crippen LogP contribution in [0.3, 0.4) is 0 Å². The minimum Gasteiger partial charge on any atom is -0.278 e. The molecule has 110 valence electrons. The number of hydrogen-bond acceptors (Lipinski definition) is 2. The number of nitrogens with zero attached hydrogens (tertiary/aromatic N) is 3. The molecule has 4 heteroatoms. The summed E-state index contributed by atoms with van der Waals surface area (Å²) < 4.78 is 3.50. The minimum atomic E-state index is 0.332. The number of rotatable bonds is 1. The van der Waals surface area contributed by atoms with Crippen molar-refractivity contribution < 1.29 is 0 Å². The molecule has 0 saturated carbocycles. The van der Waals surface area contributed by atoms with E-state index in [1.165, 1.54) is 25.4 Å². The van der Waals surface area contributed by atoms with Crippen LogP contribution in [0.1, 0.15) is 31.2 Å². The fourth-order valence-corrected chi connectivity index (χ4v) is 3.99. The van der Waals surface area contributed by atoms with E-state index in [1.807, 2.05) is 0 Å². The van der Waals surface area contributed by atoms with Crippen molar-refractivity contribution in [2.45, 2.75) is 26.7 Å². The summed E-state index contributed by atoms with van der Waals surface area (Å²) in [6, 6.07) is 13.0. The third-order valence-corrected chi connectivity index (χ3v) is 4.77. The molecule has 0 aliphatic rings. The molecule has 2 heterocycles. The van der Waals surface area contributed by atoms with Gasteiger partial charge in [0.05, 0.1) is 5.52 Å². The van der Waals surface area contributed by atoms with Crippen molar-refractivity contribution in [2.75, 3.05) is 0 Å². The van der Waals surface area contributed by atoms with Crippen LogP contribution in [-0.2, 0) is 0 Å². The summed E-state index contributed by atoms with van der Waals surface area (Å²) in [6.07, 6.45) is 0. The minimum absolute atomic E-state index is 0.332. The third kappa shape index (κ3) is 1.86. The van der Waals surface area contributed by atoms with Crippen LogP contribution < -0.4 is 0 Å². The van der Waals surface area contributed by atoms with Crippen molar-refractivity contribution in [3.8, 4) is 0 Å². The maximum atomic E-state index is 4.49. The summed E-state index contributed by atoms with van der Waals surface area (Å²) in [4.78, 5) is 0. The van der Waals surface area contributed by atoms with Gasteiger partial charge in [0.25, 0.3) is 0 Å². The van der Waals surface area contributed by atoms with Gasteiger partial charge in [-0.2, -0.15) is 0 Å². The number of hydrogen-bond donors (Lipinski definition) is 0. The standard InChI is InChI=1S/C18H16IN3/c1-10(2)17-20-21-18-14-7-5-4-6-13(14)15-9-12(19)8-11(3)16(15)22(17)18/h4-10H,1-3H3. The molecule has 0 unspecified atom stereocenters. The molecule has 0 bridgehead atoms. The quantitative estimate of drug-likeness (QED) is 0.329. The maximum Gasteiger partial charge on any atom is 0.169 e. The van der Waals surface area contributed by atoms with E-state index in [4.69, 9.17) is 0 Å². The molecule has 4 aromatic rings. The molecule has 0 radical (unpaired) electrons. The van der Waals surface area contributed by atoms with E-state index in [2.05, 4.69) is 94.4 Å². The Labute approximate surface area is 142 Å². The Bertz CT molecular complexity index is 1030. The Kier molecular flexibility index (Phi) is 3.11. The molecule has 0 aliphatic heterocycles. The van der Waals surface area contributed by atoms with Crippen molar-refractivity contribution in [1.82, 2.24) is 14.6 Å². The molecular weight excluding hydrogens is 385 g/mol. The molecule has 22 heavy (non-hydrogen) atoms. The molecule has 0 spiro atoms. The Morgan fingerprint density at radius 1 is 1.00 bits per heavy atom. The van der Waals surface area contributed by atoms with Crippen LogP contribution in [0.25, 0.3) is 27.3 Å². The van der Waals surface area contributed by atoms with Gasteiger partial charge in [-0.15, -0.1) is 10.2 Å². The van der Waals surface area contributed by atoms with Crippen LogP contribution in [0.2, 0.25) is 0 Å². The highest BCUT2D eigenvalue weighted by Gasteiger charge is 2.17. The number of pyridine rings is 1. The molecule has 2 aromatic carbocycles. The van der Waals surface area contributed by atoms with Crippen molar-refractivity contribution in [3.05, 3.63) is 51.4 Å². The Morgan fingerprint density at radius 2 is 1.73 bits per heavy atom. The SMILES string of the molecule is Cc1cc(I)cc2c3ccccc3c3nnc(C(C)C)n3c12. The second-order valence-electron chi connectivity index (χ2n) is 6.04. The zero-order valence-corrected chi connectivity index (χ0v) is 14.9. The van der Waals surface area contributed by atoms with Crippen LogP contribution in [0.15, 0.2) is 36.4 Å². The lowest BCUT2D eigenvalue weighted by molar-refractivity contribution is 0.765. The van der Waals surface area contributed by atoms with Crippen LogP contribution in [0.5, 0.6) is 0 Å². The van der Waals surface area contributed by atoms with Crippen molar-refractivity contribution >= 4 is 49.9 Å². The second kappa shape index (κ2) is 4.91. The number of aryl methyl sites for hydroxylation is 1. The highest BCUT2D eigenvalue weighted by molar-refractivity contribution is 14.1. The van der Waals surface area contributed by atoms with Crippen LogP contribution >= 0.6 is 22.6 Å². The number of benzene rings is 2. The van der Waals surface area contributed by atoms with Crippen LogP contribution in [0, 0.1) is 10.5 Å². The fraction of sp³-hybridized carbons (Fsp3) is 0.222. The Morgan fingerprint density at radius 3 is 2.45 bits per heavy atom. The summed E-state index contributed by atoms with van der Waals surface area (Å²) in [6.45, 7) is 6.50. The molecular formula is C18H16IN3. The lowest BCUT2D eigenvalue weighted by Crippen LogP contribution is -2.01. The number of halogens is 1. The first kappa shape index (κ1) is 13.9. The average molecular weight is 401 g/mol. The third-order valence-electron chi connectivity index (χ3n) is 4.15.